The molecule has 1 aromatic heterocycles. The molecule has 30 heavy (non-hydrogen) atoms. The molecule has 6 heteroatoms. The number of nitrogens with zero attached hydrogens (tertiary/aromatic N) is 2. The number of carbonyl (C=O) groups excluding carboxylic acids is 1. The SMILES string of the molecule is CC(C)C(NC(=O)COC(c1ccccc1)c1ccccc1)c1nc(C2CC2)no1. The number of hydrogen-bond acceptors (Lipinski definition) is 5. The van der Waals surface area contributed by atoms with Crippen molar-refractivity contribution in [2.45, 2.75) is 44.8 Å². The van der Waals surface area contributed by atoms with Crippen LogP contribution in [0.4, 0.5) is 0 Å². The minimum Gasteiger partial charge on any atom is -0.359 e. The summed E-state index contributed by atoms with van der Waals surface area (Å²) in [7, 11) is 0. The van der Waals surface area contributed by atoms with Crippen LogP contribution in [0.3, 0.4) is 0 Å². The van der Waals surface area contributed by atoms with E-state index >= 15 is 0 Å². The lowest BCUT2D eigenvalue weighted by Gasteiger charge is -2.21. The Morgan fingerprint density at radius 1 is 1.07 bits per heavy atom. The summed E-state index contributed by atoms with van der Waals surface area (Å²) in [5, 5.41) is 7.08. The Morgan fingerprint density at radius 3 is 2.20 bits per heavy atom. The molecule has 0 spiro atoms. The molecule has 3 aromatic rings. The molecule has 4 rings (SSSR count). The van der Waals surface area contributed by atoms with Crippen LogP contribution in [0.15, 0.2) is 65.2 Å². The summed E-state index contributed by atoms with van der Waals surface area (Å²) >= 11 is 0. The van der Waals surface area contributed by atoms with Gasteiger partial charge < -0.3 is 14.6 Å². The minimum absolute atomic E-state index is 0.0682. The quantitative estimate of drug-likeness (QED) is 0.564. The molecule has 0 radical (unpaired) electrons. The maximum Gasteiger partial charge on any atom is 0.249 e. The molecular formula is C24H27N3O3. The Hall–Kier alpha value is -2.99. The normalized spacial score (nSPS) is 14.8. The second-order valence-electron chi connectivity index (χ2n) is 8.07. The third kappa shape index (κ3) is 4.94. The van der Waals surface area contributed by atoms with Crippen LogP contribution in [0, 0.1) is 5.92 Å². The number of hydrogen-bond donors (Lipinski definition) is 1. The summed E-state index contributed by atoms with van der Waals surface area (Å²) in [6, 6.07) is 19.5. The lowest BCUT2D eigenvalue weighted by molar-refractivity contribution is -0.128. The highest BCUT2D eigenvalue weighted by atomic mass is 16.5. The second-order valence-corrected chi connectivity index (χ2v) is 8.07. The number of benzene rings is 2. The molecule has 1 atom stereocenters. The predicted molar refractivity (Wildman–Crippen MR) is 113 cm³/mol. The van der Waals surface area contributed by atoms with Crippen LogP contribution in [0.1, 0.15) is 67.6 Å². The van der Waals surface area contributed by atoms with Crippen molar-refractivity contribution >= 4 is 5.91 Å². The third-order valence-electron chi connectivity index (χ3n) is 5.23. The molecular weight excluding hydrogens is 378 g/mol. The van der Waals surface area contributed by atoms with Crippen LogP contribution in [-0.4, -0.2) is 22.7 Å². The van der Waals surface area contributed by atoms with E-state index in [4.69, 9.17) is 9.26 Å². The lowest BCUT2D eigenvalue weighted by atomic mass is 10.0. The zero-order valence-corrected chi connectivity index (χ0v) is 17.3. The zero-order chi connectivity index (χ0) is 20.9. The summed E-state index contributed by atoms with van der Waals surface area (Å²) in [5.74, 6) is 1.52. The van der Waals surface area contributed by atoms with Gasteiger partial charge in [-0.05, 0) is 29.9 Å². The molecule has 1 aliphatic rings. The number of amides is 1. The van der Waals surface area contributed by atoms with Crippen LogP contribution in [0.2, 0.25) is 0 Å². The number of rotatable bonds is 9. The molecule has 1 saturated carbocycles. The highest BCUT2D eigenvalue weighted by Gasteiger charge is 2.31. The first kappa shape index (κ1) is 20.3. The van der Waals surface area contributed by atoms with Crippen molar-refractivity contribution in [3.63, 3.8) is 0 Å². The van der Waals surface area contributed by atoms with Gasteiger partial charge in [0, 0.05) is 5.92 Å². The fourth-order valence-electron chi connectivity index (χ4n) is 3.41. The van der Waals surface area contributed by atoms with Gasteiger partial charge in [0.25, 0.3) is 0 Å². The van der Waals surface area contributed by atoms with Gasteiger partial charge in [0.2, 0.25) is 11.8 Å². The Morgan fingerprint density at radius 2 is 1.67 bits per heavy atom. The van der Waals surface area contributed by atoms with Gasteiger partial charge in [-0.2, -0.15) is 4.98 Å². The summed E-state index contributed by atoms with van der Waals surface area (Å²) < 4.78 is 11.5. The average Bonchev–Trinajstić information content (AvgIpc) is 3.51. The molecule has 156 valence electrons. The summed E-state index contributed by atoms with van der Waals surface area (Å²) in [4.78, 5) is 17.2. The Balaban J connectivity index is 1.43. The number of carbonyl (C=O) groups is 1. The Kier molecular flexibility index (Phi) is 6.23. The number of nitrogens with one attached hydrogen (secondary N) is 1. The predicted octanol–water partition coefficient (Wildman–Crippen LogP) is 4.57. The highest BCUT2D eigenvalue weighted by Crippen LogP contribution is 2.38. The first-order valence-electron chi connectivity index (χ1n) is 10.5. The molecule has 0 saturated heterocycles. The largest absolute Gasteiger partial charge is 0.359 e. The smallest absolute Gasteiger partial charge is 0.249 e. The van der Waals surface area contributed by atoms with Crippen molar-refractivity contribution in [3.8, 4) is 0 Å². The molecule has 1 fully saturated rings. The molecule has 1 unspecified atom stereocenters. The number of aromatic nitrogens is 2. The van der Waals surface area contributed by atoms with Crippen LogP contribution >= 0.6 is 0 Å². The van der Waals surface area contributed by atoms with E-state index in [0.717, 1.165) is 29.8 Å². The maximum absolute atomic E-state index is 12.7. The fourth-order valence-corrected chi connectivity index (χ4v) is 3.41. The summed E-state index contributed by atoms with van der Waals surface area (Å²) in [6.07, 6.45) is 1.89. The van der Waals surface area contributed by atoms with E-state index in [1.165, 1.54) is 0 Å². The Bertz CT molecular complexity index is 913. The molecule has 1 aliphatic carbocycles. The van der Waals surface area contributed by atoms with Gasteiger partial charge in [-0.1, -0.05) is 79.7 Å². The maximum atomic E-state index is 12.7. The first-order chi connectivity index (χ1) is 14.6. The molecule has 6 nitrogen and oxygen atoms in total. The highest BCUT2D eigenvalue weighted by molar-refractivity contribution is 5.77. The van der Waals surface area contributed by atoms with E-state index in [0.29, 0.717) is 11.8 Å². The third-order valence-corrected chi connectivity index (χ3v) is 5.23. The van der Waals surface area contributed by atoms with Gasteiger partial charge in [-0.15, -0.1) is 0 Å². The van der Waals surface area contributed by atoms with E-state index in [-0.39, 0.29) is 30.6 Å². The lowest BCUT2D eigenvalue weighted by Crippen LogP contribution is -2.35. The van der Waals surface area contributed by atoms with Gasteiger partial charge in [-0.3, -0.25) is 4.79 Å². The molecule has 1 heterocycles. The van der Waals surface area contributed by atoms with Gasteiger partial charge in [0.05, 0.1) is 0 Å². The van der Waals surface area contributed by atoms with Gasteiger partial charge >= 0.3 is 0 Å². The Labute approximate surface area is 176 Å². The van der Waals surface area contributed by atoms with E-state index in [1.54, 1.807) is 0 Å². The van der Waals surface area contributed by atoms with Crippen LogP contribution < -0.4 is 5.32 Å². The van der Waals surface area contributed by atoms with E-state index < -0.39 is 0 Å². The van der Waals surface area contributed by atoms with Gasteiger partial charge in [-0.25, -0.2) is 0 Å². The van der Waals surface area contributed by atoms with Crippen molar-refractivity contribution in [1.82, 2.24) is 15.5 Å². The van der Waals surface area contributed by atoms with Crippen LogP contribution in [0.5, 0.6) is 0 Å². The zero-order valence-electron chi connectivity index (χ0n) is 17.3. The minimum atomic E-state index is -0.340. The molecule has 1 amide bonds. The fraction of sp³-hybridized carbons (Fsp3) is 0.375. The molecule has 0 bridgehead atoms. The topological polar surface area (TPSA) is 77.2 Å². The van der Waals surface area contributed by atoms with Crippen LogP contribution in [0.25, 0.3) is 0 Å². The van der Waals surface area contributed by atoms with Crippen molar-refractivity contribution in [1.29, 1.82) is 0 Å². The van der Waals surface area contributed by atoms with E-state index in [9.17, 15) is 4.79 Å². The van der Waals surface area contributed by atoms with E-state index in [1.807, 2.05) is 74.5 Å². The van der Waals surface area contributed by atoms with Gasteiger partial charge in [0.1, 0.15) is 18.8 Å². The standard InChI is InChI=1S/C24H27N3O3/c1-16(2)21(24-26-23(27-30-24)19-13-14-19)25-20(28)15-29-22(17-9-5-3-6-10-17)18-11-7-4-8-12-18/h3-12,16,19,21-22H,13-15H2,1-2H3,(H,25,28). The van der Waals surface area contributed by atoms with Crippen molar-refractivity contribution < 1.29 is 14.1 Å². The van der Waals surface area contributed by atoms with E-state index in [2.05, 4.69) is 15.5 Å². The van der Waals surface area contributed by atoms with Crippen molar-refractivity contribution in [2.75, 3.05) is 6.61 Å². The van der Waals surface area contributed by atoms with Crippen molar-refractivity contribution in [2.24, 2.45) is 5.92 Å². The van der Waals surface area contributed by atoms with Crippen molar-refractivity contribution in [3.05, 3.63) is 83.5 Å². The summed E-state index contributed by atoms with van der Waals surface area (Å²) in [5.41, 5.74) is 2.01. The average molecular weight is 405 g/mol. The molecule has 1 N–H and O–H groups in total. The monoisotopic (exact) mass is 405 g/mol. The first-order valence-corrected chi connectivity index (χ1v) is 10.5. The molecule has 2 aromatic carbocycles. The van der Waals surface area contributed by atoms with Crippen LogP contribution in [-0.2, 0) is 9.53 Å². The molecule has 0 aliphatic heterocycles. The summed E-state index contributed by atoms with van der Waals surface area (Å²) in [6.45, 7) is 3.97. The van der Waals surface area contributed by atoms with Gasteiger partial charge in [0.15, 0.2) is 5.82 Å². The number of ether oxygens (including phenoxy) is 1. The second kappa shape index (κ2) is 9.22.